The van der Waals surface area contributed by atoms with Crippen LogP contribution >= 0.6 is 19.2 Å². The van der Waals surface area contributed by atoms with E-state index in [2.05, 4.69) is 0 Å². The van der Waals surface area contributed by atoms with Gasteiger partial charge in [0, 0.05) is 5.56 Å². The van der Waals surface area contributed by atoms with Gasteiger partial charge >= 0.3 is 7.60 Å². The third-order valence-corrected chi connectivity index (χ3v) is 4.75. The van der Waals surface area contributed by atoms with E-state index in [1.807, 2.05) is 0 Å². The lowest BCUT2D eigenvalue weighted by Gasteiger charge is -2.23. The van der Waals surface area contributed by atoms with Crippen molar-refractivity contribution >= 4 is 19.2 Å². The van der Waals surface area contributed by atoms with E-state index in [1.54, 1.807) is 13.8 Å². The number of nitrogens with two attached hydrogens (primary N) is 1. The van der Waals surface area contributed by atoms with Crippen LogP contribution in [-0.2, 0) is 13.6 Å². The van der Waals surface area contributed by atoms with Gasteiger partial charge in [-0.3, -0.25) is 4.57 Å². The molecule has 0 aliphatic carbocycles. The molecular weight excluding hydrogens is 280 g/mol. The standard InChI is InChI=1S/C11H16ClFNO3P/c1-3-16-18(15,17-4-2)11(14)8-6-5-7-9(12)10(8)13/h5-7,11H,3-4,14H2,1-2H3/t11-/m1/s1. The molecule has 18 heavy (non-hydrogen) atoms. The summed E-state index contributed by atoms with van der Waals surface area (Å²) in [6.07, 6.45) is 0. The zero-order valence-electron chi connectivity index (χ0n) is 10.2. The minimum absolute atomic E-state index is 0.0210. The Morgan fingerprint density at radius 1 is 1.39 bits per heavy atom. The molecule has 7 heteroatoms. The van der Waals surface area contributed by atoms with Gasteiger partial charge in [0.05, 0.1) is 18.2 Å². The van der Waals surface area contributed by atoms with Gasteiger partial charge in [-0.25, -0.2) is 4.39 Å². The molecule has 0 radical (unpaired) electrons. The van der Waals surface area contributed by atoms with Crippen molar-refractivity contribution in [2.45, 2.75) is 19.6 Å². The van der Waals surface area contributed by atoms with E-state index < -0.39 is 19.2 Å². The predicted molar refractivity (Wildman–Crippen MR) is 69.2 cm³/mol. The molecule has 0 aliphatic rings. The second kappa shape index (κ2) is 6.64. The average Bonchev–Trinajstić information content (AvgIpc) is 2.32. The fourth-order valence-corrected chi connectivity index (χ4v) is 3.31. The molecule has 1 atom stereocenters. The third kappa shape index (κ3) is 3.31. The first kappa shape index (κ1) is 15.6. The van der Waals surface area contributed by atoms with Crippen molar-refractivity contribution in [2.24, 2.45) is 5.73 Å². The Labute approximate surface area is 111 Å². The van der Waals surface area contributed by atoms with Crippen LogP contribution < -0.4 is 5.73 Å². The van der Waals surface area contributed by atoms with Crippen LogP contribution in [0.25, 0.3) is 0 Å². The van der Waals surface area contributed by atoms with Crippen LogP contribution in [0.15, 0.2) is 18.2 Å². The van der Waals surface area contributed by atoms with Crippen LogP contribution in [0.4, 0.5) is 4.39 Å². The normalized spacial score (nSPS) is 13.6. The number of rotatable bonds is 6. The molecule has 102 valence electrons. The summed E-state index contributed by atoms with van der Waals surface area (Å²) in [6, 6.07) is 4.33. The summed E-state index contributed by atoms with van der Waals surface area (Å²) in [6.45, 7) is 3.64. The fraction of sp³-hybridized carbons (Fsp3) is 0.455. The summed E-state index contributed by atoms with van der Waals surface area (Å²) in [5.41, 5.74) is 5.82. The molecule has 0 fully saturated rings. The molecule has 0 heterocycles. The maximum atomic E-state index is 13.8. The van der Waals surface area contributed by atoms with Crippen LogP contribution in [0, 0.1) is 5.82 Å². The van der Waals surface area contributed by atoms with Gasteiger partial charge in [0.1, 0.15) is 11.6 Å². The van der Waals surface area contributed by atoms with Gasteiger partial charge in [-0.1, -0.05) is 23.7 Å². The van der Waals surface area contributed by atoms with Crippen LogP contribution in [0.1, 0.15) is 25.2 Å². The van der Waals surface area contributed by atoms with Gasteiger partial charge in [-0.05, 0) is 19.9 Å². The first-order valence-electron chi connectivity index (χ1n) is 5.54. The topological polar surface area (TPSA) is 61.5 Å². The van der Waals surface area contributed by atoms with E-state index in [0.29, 0.717) is 0 Å². The molecule has 0 aromatic heterocycles. The van der Waals surface area contributed by atoms with Crippen molar-refractivity contribution in [2.75, 3.05) is 13.2 Å². The van der Waals surface area contributed by atoms with Crippen molar-refractivity contribution in [3.05, 3.63) is 34.6 Å². The second-order valence-corrected chi connectivity index (χ2v) is 6.02. The minimum Gasteiger partial charge on any atom is -0.314 e. The second-order valence-electron chi connectivity index (χ2n) is 3.46. The molecule has 0 saturated carbocycles. The highest BCUT2D eigenvalue weighted by Crippen LogP contribution is 2.58. The van der Waals surface area contributed by atoms with Crippen molar-refractivity contribution in [3.8, 4) is 0 Å². The lowest BCUT2D eigenvalue weighted by atomic mass is 10.2. The van der Waals surface area contributed by atoms with E-state index in [-0.39, 0.29) is 23.8 Å². The Balaban J connectivity index is 3.13. The van der Waals surface area contributed by atoms with Crippen molar-refractivity contribution in [1.29, 1.82) is 0 Å². The molecular formula is C11H16ClFNO3P. The Kier molecular flexibility index (Phi) is 5.76. The summed E-state index contributed by atoms with van der Waals surface area (Å²) in [5, 5.41) is -0.0810. The van der Waals surface area contributed by atoms with Crippen molar-refractivity contribution in [3.63, 3.8) is 0 Å². The molecule has 0 unspecified atom stereocenters. The van der Waals surface area contributed by atoms with Gasteiger partial charge in [0.25, 0.3) is 0 Å². The van der Waals surface area contributed by atoms with Crippen LogP contribution in [0.3, 0.4) is 0 Å². The van der Waals surface area contributed by atoms with Gasteiger partial charge in [0.2, 0.25) is 0 Å². The summed E-state index contributed by atoms with van der Waals surface area (Å²) in [7, 11) is -3.60. The molecule has 4 nitrogen and oxygen atoms in total. The number of halogens is 2. The molecule has 0 bridgehead atoms. The SMILES string of the molecule is CCOP(=O)(OCC)[C@@H](N)c1cccc(Cl)c1F. The molecule has 0 amide bonds. The van der Waals surface area contributed by atoms with Gasteiger partial charge in [0.15, 0.2) is 0 Å². The highest BCUT2D eigenvalue weighted by molar-refractivity contribution is 7.54. The monoisotopic (exact) mass is 295 g/mol. The smallest absolute Gasteiger partial charge is 0.314 e. The quantitative estimate of drug-likeness (QED) is 0.813. The summed E-state index contributed by atoms with van der Waals surface area (Å²) in [4.78, 5) is 0. The zero-order chi connectivity index (χ0) is 13.8. The van der Waals surface area contributed by atoms with E-state index in [4.69, 9.17) is 26.4 Å². The molecule has 0 aliphatic heterocycles. The predicted octanol–water partition coefficient (Wildman–Crippen LogP) is 3.70. The lowest BCUT2D eigenvalue weighted by Crippen LogP contribution is -2.16. The van der Waals surface area contributed by atoms with Crippen molar-refractivity contribution < 1.29 is 18.0 Å². The molecule has 1 aromatic rings. The summed E-state index contributed by atoms with van der Waals surface area (Å²) < 4.78 is 36.4. The maximum absolute atomic E-state index is 13.8. The molecule has 1 aromatic carbocycles. The third-order valence-electron chi connectivity index (χ3n) is 2.26. The van der Waals surface area contributed by atoms with Crippen LogP contribution in [0.5, 0.6) is 0 Å². The van der Waals surface area contributed by atoms with Gasteiger partial charge in [-0.15, -0.1) is 0 Å². The number of hydrogen-bond acceptors (Lipinski definition) is 4. The number of benzene rings is 1. The molecule has 0 spiro atoms. The Morgan fingerprint density at radius 2 is 1.94 bits per heavy atom. The Hall–Kier alpha value is -0.450. The van der Waals surface area contributed by atoms with Crippen LogP contribution in [0.2, 0.25) is 5.02 Å². The molecule has 0 saturated heterocycles. The van der Waals surface area contributed by atoms with Gasteiger partial charge < -0.3 is 14.8 Å². The lowest BCUT2D eigenvalue weighted by molar-refractivity contribution is 0.212. The molecule has 1 rings (SSSR count). The van der Waals surface area contributed by atoms with E-state index in [0.717, 1.165) is 0 Å². The molecule has 2 N–H and O–H groups in total. The maximum Gasteiger partial charge on any atom is 0.351 e. The first-order chi connectivity index (χ1) is 8.46. The summed E-state index contributed by atoms with van der Waals surface area (Å²) >= 11 is 5.66. The Morgan fingerprint density at radius 3 is 2.44 bits per heavy atom. The fourth-order valence-electron chi connectivity index (χ4n) is 1.48. The highest BCUT2D eigenvalue weighted by Gasteiger charge is 2.35. The first-order valence-corrected chi connectivity index (χ1v) is 7.53. The Bertz CT molecular complexity index is 448. The van der Waals surface area contributed by atoms with E-state index in [9.17, 15) is 8.96 Å². The highest BCUT2D eigenvalue weighted by atomic mass is 35.5. The minimum atomic E-state index is -3.60. The average molecular weight is 296 g/mol. The summed E-state index contributed by atoms with van der Waals surface area (Å²) in [5.74, 6) is -1.90. The van der Waals surface area contributed by atoms with E-state index >= 15 is 0 Å². The van der Waals surface area contributed by atoms with Gasteiger partial charge in [-0.2, -0.15) is 0 Å². The largest absolute Gasteiger partial charge is 0.351 e. The number of hydrogen-bond donors (Lipinski definition) is 1. The zero-order valence-corrected chi connectivity index (χ0v) is 11.9. The van der Waals surface area contributed by atoms with E-state index in [1.165, 1.54) is 18.2 Å². The van der Waals surface area contributed by atoms with Crippen LogP contribution in [-0.4, -0.2) is 13.2 Å². The van der Waals surface area contributed by atoms with Crippen molar-refractivity contribution in [1.82, 2.24) is 0 Å².